The van der Waals surface area contributed by atoms with Crippen molar-refractivity contribution in [3.05, 3.63) is 78.6 Å². The summed E-state index contributed by atoms with van der Waals surface area (Å²) in [4.78, 5) is 4.53. The zero-order valence-electron chi connectivity index (χ0n) is 19.2. The zero-order chi connectivity index (χ0) is 24.0. The van der Waals surface area contributed by atoms with E-state index >= 15 is 0 Å². The van der Waals surface area contributed by atoms with Gasteiger partial charge in [0.05, 0.1) is 32.3 Å². The van der Waals surface area contributed by atoms with E-state index in [9.17, 15) is 0 Å². The molecule has 0 aliphatic carbocycles. The van der Waals surface area contributed by atoms with Gasteiger partial charge in [0.15, 0.2) is 11.0 Å². The summed E-state index contributed by atoms with van der Waals surface area (Å²) in [5.41, 5.74) is 1.78. The van der Waals surface area contributed by atoms with Gasteiger partial charge in [0.1, 0.15) is 17.3 Å². The summed E-state index contributed by atoms with van der Waals surface area (Å²) in [7, 11) is 1.64. The average Bonchev–Trinajstić information content (AvgIpc) is 3.66. The van der Waals surface area contributed by atoms with E-state index in [2.05, 4.69) is 20.3 Å². The van der Waals surface area contributed by atoms with Gasteiger partial charge in [-0.15, -0.1) is 10.2 Å². The molecule has 0 saturated heterocycles. The fourth-order valence-electron chi connectivity index (χ4n) is 3.47. The van der Waals surface area contributed by atoms with E-state index in [4.69, 9.17) is 18.4 Å². The Bertz CT molecular complexity index is 1360. The van der Waals surface area contributed by atoms with Gasteiger partial charge in [0.2, 0.25) is 11.7 Å². The number of thioether (sulfide) groups is 1. The zero-order valence-corrected chi connectivity index (χ0v) is 20.1. The predicted octanol–water partition coefficient (Wildman–Crippen LogP) is 5.34. The Balaban J connectivity index is 1.35. The van der Waals surface area contributed by atoms with Crippen LogP contribution in [0.4, 0.5) is 0 Å². The lowest BCUT2D eigenvalue weighted by Crippen LogP contribution is -2.03. The van der Waals surface area contributed by atoms with E-state index in [1.807, 2.05) is 72.2 Å². The van der Waals surface area contributed by atoms with Gasteiger partial charge >= 0.3 is 0 Å². The van der Waals surface area contributed by atoms with E-state index < -0.39 is 0 Å². The Hall–Kier alpha value is -4.05. The van der Waals surface area contributed by atoms with Crippen LogP contribution in [0.15, 0.2) is 81.0 Å². The lowest BCUT2D eigenvalue weighted by atomic mass is 10.2. The summed E-state index contributed by atoms with van der Waals surface area (Å²) in [6.07, 6.45) is 1.65. The molecular formula is C25H23N5O4S. The van der Waals surface area contributed by atoms with Crippen molar-refractivity contribution in [2.45, 2.75) is 24.4 Å². The molecule has 0 saturated carbocycles. The van der Waals surface area contributed by atoms with E-state index in [-0.39, 0.29) is 0 Å². The molecule has 5 rings (SSSR count). The third kappa shape index (κ3) is 5.22. The van der Waals surface area contributed by atoms with Crippen LogP contribution in [0, 0.1) is 0 Å². The number of methoxy groups -OCH3 is 1. The van der Waals surface area contributed by atoms with Gasteiger partial charge < -0.3 is 18.4 Å². The highest BCUT2D eigenvalue weighted by atomic mass is 32.2. The maximum atomic E-state index is 5.57. The van der Waals surface area contributed by atoms with Crippen LogP contribution in [0.1, 0.15) is 18.6 Å². The molecule has 35 heavy (non-hydrogen) atoms. The van der Waals surface area contributed by atoms with Crippen molar-refractivity contribution >= 4 is 11.8 Å². The molecule has 0 fully saturated rings. The minimum absolute atomic E-state index is 0.447. The summed E-state index contributed by atoms with van der Waals surface area (Å²) < 4.78 is 23.8. The van der Waals surface area contributed by atoms with Gasteiger partial charge in [0.25, 0.3) is 0 Å². The Morgan fingerprint density at radius 2 is 1.71 bits per heavy atom. The third-order valence-corrected chi connectivity index (χ3v) is 6.13. The van der Waals surface area contributed by atoms with E-state index in [1.54, 1.807) is 13.4 Å². The topological polar surface area (TPSA) is 101 Å². The van der Waals surface area contributed by atoms with Crippen LogP contribution in [-0.4, -0.2) is 38.6 Å². The van der Waals surface area contributed by atoms with Crippen molar-refractivity contribution in [1.82, 2.24) is 24.9 Å². The molecule has 5 aromatic rings. The molecule has 2 aromatic carbocycles. The van der Waals surface area contributed by atoms with Gasteiger partial charge in [-0.05, 0) is 67.6 Å². The maximum absolute atomic E-state index is 5.57. The van der Waals surface area contributed by atoms with Crippen LogP contribution in [0.5, 0.6) is 11.5 Å². The molecular weight excluding hydrogens is 466 g/mol. The summed E-state index contributed by atoms with van der Waals surface area (Å²) in [6, 6.07) is 19.1. The van der Waals surface area contributed by atoms with Gasteiger partial charge in [-0.2, -0.15) is 4.98 Å². The minimum Gasteiger partial charge on any atom is -0.497 e. The molecule has 0 spiro atoms. The molecule has 3 heterocycles. The highest BCUT2D eigenvalue weighted by molar-refractivity contribution is 7.98. The molecule has 0 unspecified atom stereocenters. The summed E-state index contributed by atoms with van der Waals surface area (Å²) in [6.45, 7) is 3.06. The molecule has 9 nitrogen and oxygen atoms in total. The average molecular weight is 490 g/mol. The minimum atomic E-state index is 0.447. The van der Waals surface area contributed by atoms with Crippen LogP contribution in [0.3, 0.4) is 0 Å². The number of ether oxygens (including phenoxy) is 2. The van der Waals surface area contributed by atoms with Crippen LogP contribution in [-0.2, 0) is 12.3 Å². The van der Waals surface area contributed by atoms with Gasteiger partial charge in [-0.3, -0.25) is 4.57 Å². The molecule has 0 aliphatic heterocycles. The molecule has 0 amide bonds. The van der Waals surface area contributed by atoms with E-state index in [0.717, 1.165) is 34.2 Å². The van der Waals surface area contributed by atoms with E-state index in [1.165, 1.54) is 11.8 Å². The molecule has 0 N–H and O–H groups in total. The highest BCUT2D eigenvalue weighted by Crippen LogP contribution is 2.29. The highest BCUT2D eigenvalue weighted by Gasteiger charge is 2.18. The first kappa shape index (κ1) is 22.7. The summed E-state index contributed by atoms with van der Waals surface area (Å²) in [5.74, 6) is 4.59. The second-order valence-corrected chi connectivity index (χ2v) is 8.40. The smallest absolute Gasteiger partial charge is 0.237 e. The Morgan fingerprint density at radius 1 is 0.943 bits per heavy atom. The van der Waals surface area contributed by atoms with Crippen molar-refractivity contribution in [3.63, 3.8) is 0 Å². The van der Waals surface area contributed by atoms with Crippen molar-refractivity contribution < 1.29 is 18.4 Å². The molecule has 0 bridgehead atoms. The molecule has 3 aromatic heterocycles. The van der Waals surface area contributed by atoms with Crippen molar-refractivity contribution in [2.75, 3.05) is 13.7 Å². The fourth-order valence-corrected chi connectivity index (χ4v) is 4.25. The van der Waals surface area contributed by atoms with Crippen LogP contribution in [0.25, 0.3) is 22.8 Å². The lowest BCUT2D eigenvalue weighted by Gasteiger charge is -2.09. The Kier molecular flexibility index (Phi) is 6.80. The van der Waals surface area contributed by atoms with Gasteiger partial charge in [-0.25, -0.2) is 0 Å². The van der Waals surface area contributed by atoms with Crippen LogP contribution >= 0.6 is 11.8 Å². The summed E-state index contributed by atoms with van der Waals surface area (Å²) in [5, 5.41) is 13.7. The van der Waals surface area contributed by atoms with Crippen molar-refractivity contribution in [1.29, 1.82) is 0 Å². The first-order valence-electron chi connectivity index (χ1n) is 11.0. The Morgan fingerprint density at radius 3 is 2.43 bits per heavy atom. The molecule has 0 aliphatic rings. The monoisotopic (exact) mass is 489 g/mol. The number of hydrogen-bond donors (Lipinski definition) is 0. The molecule has 0 radical (unpaired) electrons. The van der Waals surface area contributed by atoms with Crippen molar-refractivity contribution in [2.24, 2.45) is 0 Å². The lowest BCUT2D eigenvalue weighted by molar-refractivity contribution is 0.340. The molecule has 178 valence electrons. The summed E-state index contributed by atoms with van der Waals surface area (Å²) >= 11 is 1.47. The van der Waals surface area contributed by atoms with Gasteiger partial charge in [0, 0.05) is 11.1 Å². The maximum Gasteiger partial charge on any atom is 0.237 e. The Labute approximate surface area is 206 Å². The van der Waals surface area contributed by atoms with Crippen LogP contribution in [0.2, 0.25) is 0 Å². The SMILES string of the molecule is CCOc1ccc(-c2noc(CSc3nnc(-c4ccc(OC)cc4)n3Cc3ccco3)n2)cc1. The largest absolute Gasteiger partial charge is 0.497 e. The first-order valence-corrected chi connectivity index (χ1v) is 12.0. The van der Waals surface area contributed by atoms with Crippen LogP contribution < -0.4 is 9.47 Å². The number of nitrogens with zero attached hydrogens (tertiary/aromatic N) is 5. The van der Waals surface area contributed by atoms with E-state index in [0.29, 0.717) is 35.8 Å². The normalized spacial score (nSPS) is 11.0. The number of furan rings is 1. The molecule has 10 heteroatoms. The first-order chi connectivity index (χ1) is 17.2. The standard InChI is InChI=1S/C25H23N5O4S/c1-3-32-20-12-6-17(7-13-20)23-26-22(34-29-23)16-35-25-28-27-24(18-8-10-19(31-2)11-9-18)30(25)15-21-5-4-14-33-21/h4-14H,3,15-16H2,1-2H3. The number of hydrogen-bond acceptors (Lipinski definition) is 9. The number of benzene rings is 2. The number of rotatable bonds is 10. The fraction of sp³-hybridized carbons (Fsp3) is 0.200. The second-order valence-electron chi connectivity index (χ2n) is 7.46. The quantitative estimate of drug-likeness (QED) is 0.241. The predicted molar refractivity (Wildman–Crippen MR) is 130 cm³/mol. The second kappa shape index (κ2) is 10.5. The molecule has 0 atom stereocenters. The number of aromatic nitrogens is 5. The van der Waals surface area contributed by atoms with Gasteiger partial charge in [-0.1, -0.05) is 16.9 Å². The third-order valence-electron chi connectivity index (χ3n) is 5.18. The van der Waals surface area contributed by atoms with Crippen molar-refractivity contribution in [3.8, 4) is 34.3 Å².